The fraction of sp³-hybridized carbons (Fsp3) is 0.370. The number of nitrogens with two attached hydrogens (primary N) is 1. The molecule has 0 radical (unpaired) electrons. The first kappa shape index (κ1) is 23.7. The minimum absolute atomic E-state index is 0.393. The molecule has 9 nitrogen and oxygen atoms in total. The summed E-state index contributed by atoms with van der Waals surface area (Å²) in [5.41, 5.74) is 10.7. The van der Waals surface area contributed by atoms with E-state index >= 15 is 0 Å². The van der Waals surface area contributed by atoms with Gasteiger partial charge in [-0.25, -0.2) is 14.5 Å². The summed E-state index contributed by atoms with van der Waals surface area (Å²) < 4.78 is 15.5. The number of ether oxygens (including phenoxy) is 2. The zero-order chi connectivity index (χ0) is 25.3. The molecule has 0 unspecified atom stereocenters. The Morgan fingerprint density at radius 2 is 1.94 bits per heavy atom. The van der Waals surface area contributed by atoms with Gasteiger partial charge in [0.25, 0.3) is 0 Å². The van der Waals surface area contributed by atoms with E-state index in [0.29, 0.717) is 24.9 Å². The number of carbonyl (C=O) groups excluding carboxylic acids is 1. The van der Waals surface area contributed by atoms with Crippen LogP contribution in [-0.2, 0) is 11.3 Å². The maximum absolute atomic E-state index is 12.1. The molecule has 5 rings (SSSR count). The van der Waals surface area contributed by atoms with Crippen LogP contribution >= 0.6 is 0 Å². The Balaban J connectivity index is 1.42. The second-order valence-corrected chi connectivity index (χ2v) is 10.1. The third-order valence-electron chi connectivity index (χ3n) is 6.31. The smallest absolute Gasteiger partial charge is 0.412 e. The van der Waals surface area contributed by atoms with Crippen LogP contribution in [0, 0.1) is 0 Å². The first-order valence-corrected chi connectivity index (χ1v) is 12.3. The van der Waals surface area contributed by atoms with Crippen molar-refractivity contribution in [1.82, 2.24) is 19.3 Å². The number of carbonyl (C=O) groups is 1. The van der Waals surface area contributed by atoms with Crippen LogP contribution in [0.15, 0.2) is 55.1 Å². The van der Waals surface area contributed by atoms with E-state index in [1.807, 2.05) is 57.2 Å². The topological polar surface area (TPSA) is 109 Å². The Morgan fingerprint density at radius 3 is 2.58 bits per heavy atom. The fourth-order valence-electron chi connectivity index (χ4n) is 4.46. The average Bonchev–Trinajstić information content (AvgIpc) is 3.39. The highest BCUT2D eigenvalue weighted by Crippen LogP contribution is 2.44. The van der Waals surface area contributed by atoms with Crippen LogP contribution in [-0.4, -0.2) is 37.6 Å². The third kappa shape index (κ3) is 5.00. The monoisotopic (exact) mass is 488 g/mol. The van der Waals surface area contributed by atoms with Crippen molar-refractivity contribution in [1.29, 1.82) is 0 Å². The van der Waals surface area contributed by atoms with Gasteiger partial charge in [-0.05, 0) is 64.3 Å². The Bertz CT molecular complexity index is 1350. The molecular weight excluding hydrogens is 456 g/mol. The molecule has 9 heteroatoms. The number of aromatic nitrogens is 4. The minimum atomic E-state index is -0.554. The van der Waals surface area contributed by atoms with Crippen LogP contribution in [0.4, 0.5) is 16.2 Å². The summed E-state index contributed by atoms with van der Waals surface area (Å²) >= 11 is 0. The Hall–Kier alpha value is -4.01. The zero-order valence-electron chi connectivity index (χ0n) is 20.9. The van der Waals surface area contributed by atoms with Gasteiger partial charge in [-0.3, -0.25) is 5.32 Å². The number of amides is 1. The molecule has 0 saturated heterocycles. The van der Waals surface area contributed by atoms with Gasteiger partial charge in [0, 0.05) is 28.7 Å². The van der Waals surface area contributed by atoms with Crippen LogP contribution in [0.1, 0.15) is 46.1 Å². The highest BCUT2D eigenvalue weighted by atomic mass is 16.6. The molecule has 36 heavy (non-hydrogen) atoms. The average molecular weight is 489 g/mol. The molecular formula is C27H32N6O3. The first-order valence-electron chi connectivity index (χ1n) is 12.3. The minimum Gasteiger partial charge on any atom is -0.492 e. The van der Waals surface area contributed by atoms with Crippen molar-refractivity contribution < 1.29 is 14.3 Å². The van der Waals surface area contributed by atoms with Gasteiger partial charge in [-0.15, -0.1) is 0 Å². The highest BCUT2D eigenvalue weighted by Gasteiger charge is 2.27. The zero-order valence-corrected chi connectivity index (χ0v) is 20.9. The van der Waals surface area contributed by atoms with Crippen LogP contribution in [0.5, 0.6) is 5.75 Å². The largest absolute Gasteiger partial charge is 0.492 e. The quantitative estimate of drug-likeness (QED) is 0.349. The van der Waals surface area contributed by atoms with E-state index in [0.717, 1.165) is 46.4 Å². The Morgan fingerprint density at radius 1 is 1.17 bits per heavy atom. The number of rotatable bonds is 7. The molecule has 2 aromatic carbocycles. The lowest BCUT2D eigenvalue weighted by Gasteiger charge is -2.30. The summed E-state index contributed by atoms with van der Waals surface area (Å²) in [5, 5.41) is 7.91. The molecule has 3 N–H and O–H groups in total. The van der Waals surface area contributed by atoms with Crippen molar-refractivity contribution in [3.05, 3.63) is 55.1 Å². The van der Waals surface area contributed by atoms with Crippen LogP contribution < -0.4 is 15.8 Å². The van der Waals surface area contributed by atoms with E-state index in [-0.39, 0.29) is 0 Å². The molecule has 0 atom stereocenters. The van der Waals surface area contributed by atoms with Crippen LogP contribution in [0.3, 0.4) is 0 Å². The molecule has 1 aliphatic rings. The van der Waals surface area contributed by atoms with Crippen molar-refractivity contribution in [2.24, 2.45) is 0 Å². The SMILES string of the molecule is CC(C)(C)OC(=O)Nc1ccc(-c2c(N)c3ccc(OCCn4cncn4)cc3n2C2CCC2)cc1. The summed E-state index contributed by atoms with van der Waals surface area (Å²) in [7, 11) is 0. The fourth-order valence-corrected chi connectivity index (χ4v) is 4.46. The van der Waals surface area contributed by atoms with E-state index in [1.165, 1.54) is 12.7 Å². The number of hydrogen-bond donors (Lipinski definition) is 2. The second kappa shape index (κ2) is 9.56. The first-order chi connectivity index (χ1) is 17.3. The summed E-state index contributed by atoms with van der Waals surface area (Å²) in [6.45, 7) is 6.63. The highest BCUT2D eigenvalue weighted by molar-refractivity contribution is 6.01. The van der Waals surface area contributed by atoms with Gasteiger partial charge < -0.3 is 19.8 Å². The Kier molecular flexibility index (Phi) is 6.30. The Labute approximate surface area is 210 Å². The maximum Gasteiger partial charge on any atom is 0.412 e. The van der Waals surface area contributed by atoms with E-state index in [1.54, 1.807) is 11.0 Å². The molecule has 0 aliphatic heterocycles. The third-order valence-corrected chi connectivity index (χ3v) is 6.31. The normalized spacial score (nSPS) is 14.0. The van der Waals surface area contributed by atoms with E-state index in [2.05, 4.69) is 26.0 Å². The molecule has 1 amide bonds. The maximum atomic E-state index is 12.1. The molecule has 188 valence electrons. The van der Waals surface area contributed by atoms with Crippen molar-refractivity contribution >= 4 is 28.4 Å². The van der Waals surface area contributed by atoms with Crippen LogP contribution in [0.25, 0.3) is 22.2 Å². The van der Waals surface area contributed by atoms with Gasteiger partial charge in [-0.2, -0.15) is 5.10 Å². The van der Waals surface area contributed by atoms with Gasteiger partial charge >= 0.3 is 6.09 Å². The van der Waals surface area contributed by atoms with Crippen molar-refractivity contribution in [3.63, 3.8) is 0 Å². The van der Waals surface area contributed by atoms with E-state index < -0.39 is 11.7 Å². The lowest BCUT2D eigenvalue weighted by atomic mass is 9.92. The number of anilines is 2. The summed E-state index contributed by atoms with van der Waals surface area (Å²) in [4.78, 5) is 16.1. The van der Waals surface area contributed by atoms with E-state index in [9.17, 15) is 4.79 Å². The molecule has 1 aliphatic carbocycles. The van der Waals surface area contributed by atoms with Crippen LogP contribution in [0.2, 0.25) is 0 Å². The van der Waals surface area contributed by atoms with Gasteiger partial charge in [0.05, 0.1) is 23.4 Å². The van der Waals surface area contributed by atoms with Gasteiger partial charge in [0.2, 0.25) is 0 Å². The number of fused-ring (bicyclic) bond motifs is 1. The number of hydrogen-bond acceptors (Lipinski definition) is 6. The van der Waals surface area contributed by atoms with Gasteiger partial charge in [-0.1, -0.05) is 12.1 Å². The molecule has 4 aromatic rings. The van der Waals surface area contributed by atoms with Gasteiger partial charge in [0.1, 0.15) is 30.6 Å². The second-order valence-electron chi connectivity index (χ2n) is 10.1. The van der Waals surface area contributed by atoms with Crippen molar-refractivity contribution in [2.75, 3.05) is 17.7 Å². The van der Waals surface area contributed by atoms with Crippen molar-refractivity contribution in [2.45, 2.75) is 58.2 Å². The van der Waals surface area contributed by atoms with Crippen molar-refractivity contribution in [3.8, 4) is 17.0 Å². The number of nitrogen functional groups attached to an aromatic ring is 1. The predicted octanol–water partition coefficient (Wildman–Crippen LogP) is 5.63. The summed E-state index contributed by atoms with van der Waals surface area (Å²) in [5.74, 6) is 0.796. The number of nitrogens with zero attached hydrogens (tertiary/aromatic N) is 4. The lowest BCUT2D eigenvalue weighted by Crippen LogP contribution is -2.27. The van der Waals surface area contributed by atoms with Gasteiger partial charge in [0.15, 0.2) is 0 Å². The molecule has 2 aromatic heterocycles. The molecule has 0 spiro atoms. The standard InChI is InChI=1S/C27H32N6O3/c1-27(2,3)36-26(34)31-19-9-7-18(8-10-19)25-24(28)22-12-11-21(35-14-13-32-17-29-16-30-32)15-23(22)33(25)20-5-4-6-20/h7-12,15-17,20H,4-6,13-14,28H2,1-3H3,(H,31,34). The number of benzene rings is 2. The molecule has 1 fully saturated rings. The summed E-state index contributed by atoms with van der Waals surface area (Å²) in [6.07, 6.45) is 6.15. The summed E-state index contributed by atoms with van der Waals surface area (Å²) in [6, 6.07) is 14.2. The molecule has 1 saturated carbocycles. The lowest BCUT2D eigenvalue weighted by molar-refractivity contribution is 0.0636. The number of nitrogens with one attached hydrogen (secondary N) is 1. The van der Waals surface area contributed by atoms with E-state index in [4.69, 9.17) is 15.2 Å². The molecule has 2 heterocycles. The predicted molar refractivity (Wildman–Crippen MR) is 140 cm³/mol. The molecule has 0 bridgehead atoms.